The lowest BCUT2D eigenvalue weighted by Gasteiger charge is -2.07. The smallest absolute Gasteiger partial charge is 0.254 e. The number of nitrogens with one attached hydrogen (secondary N) is 1. The van der Waals surface area contributed by atoms with Crippen molar-refractivity contribution in [2.75, 3.05) is 6.54 Å². The third-order valence-corrected chi connectivity index (χ3v) is 2.18. The van der Waals surface area contributed by atoms with Crippen LogP contribution < -0.4 is 5.32 Å². The molecule has 0 unspecified atom stereocenters. The molecule has 4 heteroatoms. The number of rotatable bonds is 4. The topological polar surface area (TPSA) is 29.1 Å². The zero-order valence-electron chi connectivity index (χ0n) is 9.39. The molecular formula is C12H15F2NO. The number of halogens is 2. The zero-order chi connectivity index (χ0) is 12.1. The molecule has 0 saturated heterocycles. The van der Waals surface area contributed by atoms with Crippen molar-refractivity contribution < 1.29 is 13.6 Å². The molecule has 2 nitrogen and oxygen atoms in total. The maximum absolute atomic E-state index is 13.2. The van der Waals surface area contributed by atoms with Crippen LogP contribution in [0.3, 0.4) is 0 Å². The van der Waals surface area contributed by atoms with Crippen LogP contribution in [0.5, 0.6) is 0 Å². The Morgan fingerprint density at radius 1 is 1.38 bits per heavy atom. The first-order chi connectivity index (χ1) is 7.50. The maximum Gasteiger partial charge on any atom is 0.254 e. The van der Waals surface area contributed by atoms with Crippen LogP contribution in [-0.2, 0) is 0 Å². The van der Waals surface area contributed by atoms with Gasteiger partial charge in [-0.3, -0.25) is 4.79 Å². The molecule has 0 atom stereocenters. The molecule has 1 aromatic carbocycles. The average molecular weight is 227 g/mol. The number of hydrogen-bond donors (Lipinski definition) is 1. The normalized spacial score (nSPS) is 10.6. The van der Waals surface area contributed by atoms with Crippen LogP contribution in [0.15, 0.2) is 18.2 Å². The van der Waals surface area contributed by atoms with E-state index in [-0.39, 0.29) is 5.56 Å². The summed E-state index contributed by atoms with van der Waals surface area (Å²) in [5.41, 5.74) is -0.247. The third-order valence-electron chi connectivity index (χ3n) is 2.18. The van der Waals surface area contributed by atoms with Crippen molar-refractivity contribution in [3.8, 4) is 0 Å². The van der Waals surface area contributed by atoms with Gasteiger partial charge in [0.25, 0.3) is 5.91 Å². The summed E-state index contributed by atoms with van der Waals surface area (Å²) in [5, 5.41) is 2.55. The van der Waals surface area contributed by atoms with E-state index < -0.39 is 17.5 Å². The minimum atomic E-state index is -0.705. The van der Waals surface area contributed by atoms with Gasteiger partial charge >= 0.3 is 0 Å². The molecule has 0 aromatic heterocycles. The lowest BCUT2D eigenvalue weighted by atomic mass is 10.1. The molecule has 0 bridgehead atoms. The quantitative estimate of drug-likeness (QED) is 0.841. The van der Waals surface area contributed by atoms with E-state index in [9.17, 15) is 13.6 Å². The largest absolute Gasteiger partial charge is 0.352 e. The van der Waals surface area contributed by atoms with Gasteiger partial charge in [-0.2, -0.15) is 0 Å². The molecule has 0 saturated carbocycles. The fourth-order valence-corrected chi connectivity index (χ4v) is 1.24. The van der Waals surface area contributed by atoms with Crippen molar-refractivity contribution in [1.82, 2.24) is 5.32 Å². The minimum absolute atomic E-state index is 0.247. The molecule has 0 aliphatic rings. The van der Waals surface area contributed by atoms with Crippen molar-refractivity contribution in [2.45, 2.75) is 20.3 Å². The minimum Gasteiger partial charge on any atom is -0.352 e. The second-order valence-corrected chi connectivity index (χ2v) is 4.06. The summed E-state index contributed by atoms with van der Waals surface area (Å²) in [4.78, 5) is 11.5. The summed E-state index contributed by atoms with van der Waals surface area (Å²) in [7, 11) is 0. The summed E-state index contributed by atoms with van der Waals surface area (Å²) in [6.45, 7) is 4.51. The third kappa shape index (κ3) is 3.61. The van der Waals surface area contributed by atoms with Gasteiger partial charge in [-0.05, 0) is 30.5 Å². The summed E-state index contributed by atoms with van der Waals surface area (Å²) in [6.07, 6.45) is 0.808. The predicted octanol–water partition coefficient (Wildman–Crippen LogP) is 2.74. The van der Waals surface area contributed by atoms with Crippen molar-refractivity contribution in [3.05, 3.63) is 35.4 Å². The van der Waals surface area contributed by atoms with E-state index in [1.807, 2.05) is 13.8 Å². The van der Waals surface area contributed by atoms with Gasteiger partial charge in [0.2, 0.25) is 0 Å². The Morgan fingerprint density at radius 2 is 2.06 bits per heavy atom. The second-order valence-electron chi connectivity index (χ2n) is 4.06. The van der Waals surface area contributed by atoms with Crippen molar-refractivity contribution in [1.29, 1.82) is 0 Å². The van der Waals surface area contributed by atoms with Gasteiger partial charge in [0.1, 0.15) is 11.6 Å². The standard InChI is InChI=1S/C12H15F2NO/c1-8(2)5-6-15-12(16)10-7-9(13)3-4-11(10)14/h3-4,7-8H,5-6H2,1-2H3,(H,15,16). The van der Waals surface area contributed by atoms with Crippen LogP contribution in [-0.4, -0.2) is 12.5 Å². The number of amides is 1. The lowest BCUT2D eigenvalue weighted by molar-refractivity contribution is 0.0947. The fourth-order valence-electron chi connectivity index (χ4n) is 1.24. The van der Waals surface area contributed by atoms with Crippen LogP contribution in [0.4, 0.5) is 8.78 Å². The Hall–Kier alpha value is -1.45. The first-order valence-electron chi connectivity index (χ1n) is 5.24. The van der Waals surface area contributed by atoms with Gasteiger partial charge in [-0.25, -0.2) is 8.78 Å². The SMILES string of the molecule is CC(C)CCNC(=O)c1cc(F)ccc1F. The van der Waals surface area contributed by atoms with Crippen molar-refractivity contribution in [3.63, 3.8) is 0 Å². The molecule has 1 N–H and O–H groups in total. The number of carbonyl (C=O) groups is 1. The number of benzene rings is 1. The monoisotopic (exact) mass is 227 g/mol. The molecule has 0 fully saturated rings. The Labute approximate surface area is 93.7 Å². The van der Waals surface area contributed by atoms with E-state index in [1.165, 1.54) is 0 Å². The van der Waals surface area contributed by atoms with E-state index >= 15 is 0 Å². The Bertz CT molecular complexity index is 377. The molecule has 0 aliphatic carbocycles. The number of carbonyl (C=O) groups excluding carboxylic acids is 1. The van der Waals surface area contributed by atoms with E-state index in [0.29, 0.717) is 12.5 Å². The van der Waals surface area contributed by atoms with Gasteiger partial charge in [0.05, 0.1) is 5.56 Å². The summed E-state index contributed by atoms with van der Waals surface area (Å²) >= 11 is 0. The van der Waals surface area contributed by atoms with E-state index in [1.54, 1.807) is 0 Å². The van der Waals surface area contributed by atoms with Crippen LogP contribution in [0.1, 0.15) is 30.6 Å². The molecule has 88 valence electrons. The van der Waals surface area contributed by atoms with Crippen LogP contribution in [0.2, 0.25) is 0 Å². The molecular weight excluding hydrogens is 212 g/mol. The first kappa shape index (κ1) is 12.6. The average Bonchev–Trinajstić information content (AvgIpc) is 2.21. The molecule has 0 radical (unpaired) electrons. The molecule has 0 aliphatic heterocycles. The van der Waals surface area contributed by atoms with E-state index in [4.69, 9.17) is 0 Å². The molecule has 1 rings (SSSR count). The highest BCUT2D eigenvalue weighted by atomic mass is 19.1. The molecule has 0 spiro atoms. The van der Waals surface area contributed by atoms with E-state index in [0.717, 1.165) is 24.6 Å². The highest BCUT2D eigenvalue weighted by Gasteiger charge is 2.12. The Morgan fingerprint density at radius 3 is 2.69 bits per heavy atom. The van der Waals surface area contributed by atoms with Gasteiger partial charge < -0.3 is 5.32 Å². The van der Waals surface area contributed by atoms with Gasteiger partial charge in [0, 0.05) is 6.54 Å². The Balaban J connectivity index is 2.62. The van der Waals surface area contributed by atoms with Crippen molar-refractivity contribution >= 4 is 5.91 Å². The van der Waals surface area contributed by atoms with Crippen LogP contribution in [0.25, 0.3) is 0 Å². The fraction of sp³-hybridized carbons (Fsp3) is 0.417. The molecule has 16 heavy (non-hydrogen) atoms. The van der Waals surface area contributed by atoms with Gasteiger partial charge in [0.15, 0.2) is 0 Å². The van der Waals surface area contributed by atoms with Crippen LogP contribution in [0, 0.1) is 17.6 Å². The highest BCUT2D eigenvalue weighted by molar-refractivity contribution is 5.94. The summed E-state index contributed by atoms with van der Waals surface area (Å²) < 4.78 is 26.0. The molecule has 1 amide bonds. The highest BCUT2D eigenvalue weighted by Crippen LogP contribution is 2.09. The zero-order valence-corrected chi connectivity index (χ0v) is 9.39. The predicted molar refractivity (Wildman–Crippen MR) is 58.1 cm³/mol. The van der Waals surface area contributed by atoms with Crippen LogP contribution >= 0.6 is 0 Å². The lowest BCUT2D eigenvalue weighted by Crippen LogP contribution is -2.26. The van der Waals surface area contributed by atoms with Crippen molar-refractivity contribution in [2.24, 2.45) is 5.92 Å². The second kappa shape index (κ2) is 5.58. The maximum atomic E-state index is 13.2. The molecule has 0 heterocycles. The summed E-state index contributed by atoms with van der Waals surface area (Å²) in [5.74, 6) is -1.44. The van der Waals surface area contributed by atoms with E-state index in [2.05, 4.69) is 5.32 Å². The number of hydrogen-bond acceptors (Lipinski definition) is 1. The first-order valence-corrected chi connectivity index (χ1v) is 5.24. The van der Waals surface area contributed by atoms with Gasteiger partial charge in [-0.1, -0.05) is 13.8 Å². The Kier molecular flexibility index (Phi) is 4.40. The molecule has 1 aromatic rings. The summed E-state index contributed by atoms with van der Waals surface area (Å²) in [6, 6.07) is 2.84. The van der Waals surface area contributed by atoms with Gasteiger partial charge in [-0.15, -0.1) is 0 Å².